The molecule has 1 unspecified atom stereocenters. The van der Waals surface area contributed by atoms with Gasteiger partial charge in [-0.15, -0.1) is 0 Å². The number of rotatable bonds is 3. The lowest BCUT2D eigenvalue weighted by atomic mass is 10.1. The maximum Gasteiger partial charge on any atom is 0.230 e. The standard InChI is InChI=1S/C19H18O5/c20-15-11-16-17(24-19(15)22-14-9-5-2-6-10-14)12-21-18(23-16)13-7-3-1-4-8-13/h1-11,15,17-20H,12H2/t15-,17-,18?,19-/m1/s1. The van der Waals surface area contributed by atoms with Gasteiger partial charge in [-0.1, -0.05) is 48.5 Å². The molecule has 5 heteroatoms. The number of ether oxygens (including phenoxy) is 4. The van der Waals surface area contributed by atoms with E-state index in [9.17, 15) is 5.11 Å². The van der Waals surface area contributed by atoms with Crippen LogP contribution in [0.15, 0.2) is 72.5 Å². The van der Waals surface area contributed by atoms with E-state index < -0.39 is 18.7 Å². The summed E-state index contributed by atoms with van der Waals surface area (Å²) < 4.78 is 23.1. The maximum absolute atomic E-state index is 10.3. The first kappa shape index (κ1) is 15.2. The van der Waals surface area contributed by atoms with Crippen molar-refractivity contribution >= 4 is 0 Å². The summed E-state index contributed by atoms with van der Waals surface area (Å²) in [6.45, 7) is 0.340. The Bertz CT molecular complexity index is 700. The van der Waals surface area contributed by atoms with Crippen molar-refractivity contribution in [1.29, 1.82) is 0 Å². The lowest BCUT2D eigenvalue weighted by molar-refractivity contribution is -0.247. The normalized spacial score (nSPS) is 29.1. The maximum atomic E-state index is 10.3. The number of hydrogen-bond acceptors (Lipinski definition) is 5. The molecule has 124 valence electrons. The Balaban J connectivity index is 1.47. The van der Waals surface area contributed by atoms with Gasteiger partial charge in [0, 0.05) is 5.56 Å². The van der Waals surface area contributed by atoms with Gasteiger partial charge < -0.3 is 24.1 Å². The quantitative estimate of drug-likeness (QED) is 0.940. The zero-order valence-electron chi connectivity index (χ0n) is 12.9. The van der Waals surface area contributed by atoms with E-state index in [1.54, 1.807) is 6.08 Å². The van der Waals surface area contributed by atoms with Gasteiger partial charge in [0.25, 0.3) is 0 Å². The topological polar surface area (TPSA) is 57.2 Å². The predicted octanol–water partition coefficient (Wildman–Crippen LogP) is 2.78. The van der Waals surface area contributed by atoms with Gasteiger partial charge in [0.1, 0.15) is 23.7 Å². The van der Waals surface area contributed by atoms with Crippen LogP contribution in [0.3, 0.4) is 0 Å². The first-order valence-electron chi connectivity index (χ1n) is 7.90. The van der Waals surface area contributed by atoms with Gasteiger partial charge in [-0.3, -0.25) is 0 Å². The zero-order valence-corrected chi connectivity index (χ0v) is 12.9. The molecular formula is C19H18O5. The van der Waals surface area contributed by atoms with Crippen molar-refractivity contribution in [1.82, 2.24) is 0 Å². The van der Waals surface area contributed by atoms with Crippen molar-refractivity contribution in [2.24, 2.45) is 0 Å². The van der Waals surface area contributed by atoms with Crippen LogP contribution < -0.4 is 4.74 Å². The molecule has 0 saturated carbocycles. The van der Waals surface area contributed by atoms with Crippen LogP contribution in [0.4, 0.5) is 0 Å². The fourth-order valence-electron chi connectivity index (χ4n) is 2.74. The van der Waals surface area contributed by atoms with E-state index in [1.807, 2.05) is 60.7 Å². The molecule has 4 atom stereocenters. The molecule has 1 N–H and O–H groups in total. The number of aliphatic hydroxyl groups excluding tert-OH is 1. The monoisotopic (exact) mass is 326 g/mol. The van der Waals surface area contributed by atoms with Gasteiger partial charge in [-0.05, 0) is 18.2 Å². The van der Waals surface area contributed by atoms with Crippen molar-refractivity contribution in [2.75, 3.05) is 6.61 Å². The van der Waals surface area contributed by atoms with Gasteiger partial charge in [0.05, 0.1) is 6.61 Å². The van der Waals surface area contributed by atoms with Crippen LogP contribution in [-0.4, -0.2) is 30.2 Å². The minimum absolute atomic E-state index is 0.340. The SMILES string of the molecule is O[C@@H]1C=C2OC(c3ccccc3)OC[C@H]2O[C@H]1Oc1ccccc1. The van der Waals surface area contributed by atoms with Crippen LogP contribution >= 0.6 is 0 Å². The molecule has 1 saturated heterocycles. The van der Waals surface area contributed by atoms with Crippen molar-refractivity contribution in [3.8, 4) is 5.75 Å². The van der Waals surface area contributed by atoms with E-state index in [0.717, 1.165) is 5.56 Å². The minimum Gasteiger partial charge on any atom is -0.462 e. The Hall–Kier alpha value is -2.34. The Morgan fingerprint density at radius 1 is 0.958 bits per heavy atom. The summed E-state index contributed by atoms with van der Waals surface area (Å²) in [5.74, 6) is 1.22. The Labute approximate surface area is 140 Å². The average Bonchev–Trinajstić information content (AvgIpc) is 2.63. The van der Waals surface area contributed by atoms with E-state index >= 15 is 0 Å². The van der Waals surface area contributed by atoms with Crippen molar-refractivity contribution in [2.45, 2.75) is 24.8 Å². The summed E-state index contributed by atoms with van der Waals surface area (Å²) in [7, 11) is 0. The molecule has 2 aromatic rings. The van der Waals surface area contributed by atoms with Crippen molar-refractivity contribution in [3.63, 3.8) is 0 Å². The first-order valence-corrected chi connectivity index (χ1v) is 7.90. The number of aliphatic hydroxyl groups is 1. The summed E-state index contributed by atoms with van der Waals surface area (Å²) in [5, 5.41) is 10.3. The fourth-order valence-corrected chi connectivity index (χ4v) is 2.74. The van der Waals surface area contributed by atoms with Crippen LogP contribution in [0.25, 0.3) is 0 Å². The summed E-state index contributed by atoms with van der Waals surface area (Å²) in [4.78, 5) is 0. The second-order valence-electron chi connectivity index (χ2n) is 5.68. The highest BCUT2D eigenvalue weighted by Crippen LogP contribution is 2.33. The molecule has 2 aliphatic heterocycles. The van der Waals surface area contributed by atoms with Crippen molar-refractivity contribution < 1.29 is 24.1 Å². The molecule has 0 amide bonds. The molecule has 1 fully saturated rings. The molecule has 2 heterocycles. The van der Waals surface area contributed by atoms with Gasteiger partial charge in [-0.2, -0.15) is 0 Å². The molecule has 0 aromatic heterocycles. The third-order valence-corrected chi connectivity index (χ3v) is 3.94. The molecule has 24 heavy (non-hydrogen) atoms. The van der Waals surface area contributed by atoms with Gasteiger partial charge in [-0.25, -0.2) is 0 Å². The molecule has 2 aliphatic rings. The second-order valence-corrected chi connectivity index (χ2v) is 5.68. The Morgan fingerprint density at radius 3 is 2.42 bits per heavy atom. The van der Waals surface area contributed by atoms with Gasteiger partial charge in [0.2, 0.25) is 12.6 Å². The predicted molar refractivity (Wildman–Crippen MR) is 86.0 cm³/mol. The minimum atomic E-state index is -0.911. The average molecular weight is 326 g/mol. The van der Waals surface area contributed by atoms with Crippen LogP contribution in [0.1, 0.15) is 11.9 Å². The molecule has 5 nitrogen and oxygen atoms in total. The van der Waals surface area contributed by atoms with Crippen molar-refractivity contribution in [3.05, 3.63) is 78.1 Å². The lowest BCUT2D eigenvalue weighted by Gasteiger charge is -2.38. The lowest BCUT2D eigenvalue weighted by Crippen LogP contribution is -2.46. The highest BCUT2D eigenvalue weighted by Gasteiger charge is 2.38. The summed E-state index contributed by atoms with van der Waals surface area (Å²) >= 11 is 0. The van der Waals surface area contributed by atoms with Gasteiger partial charge >= 0.3 is 0 Å². The number of hydrogen-bond donors (Lipinski definition) is 1. The molecule has 0 radical (unpaired) electrons. The van der Waals surface area contributed by atoms with E-state index in [4.69, 9.17) is 18.9 Å². The molecule has 0 spiro atoms. The molecule has 0 bridgehead atoms. The van der Waals surface area contributed by atoms with E-state index in [1.165, 1.54) is 0 Å². The summed E-state index contributed by atoms with van der Waals surface area (Å²) in [5.41, 5.74) is 0.925. The highest BCUT2D eigenvalue weighted by molar-refractivity contribution is 5.22. The largest absolute Gasteiger partial charge is 0.462 e. The number of fused-ring (bicyclic) bond motifs is 1. The number of para-hydroxylation sites is 1. The van der Waals surface area contributed by atoms with Crippen LogP contribution in [0, 0.1) is 0 Å². The summed E-state index contributed by atoms with van der Waals surface area (Å²) in [6.07, 6.45) is -0.939. The zero-order chi connectivity index (χ0) is 16.4. The molecule has 0 aliphatic carbocycles. The molecular weight excluding hydrogens is 308 g/mol. The number of benzene rings is 2. The van der Waals surface area contributed by atoms with E-state index in [0.29, 0.717) is 18.1 Å². The highest BCUT2D eigenvalue weighted by atomic mass is 16.7. The van der Waals surface area contributed by atoms with E-state index in [-0.39, 0.29) is 6.10 Å². The van der Waals surface area contributed by atoms with Gasteiger partial charge in [0.15, 0.2) is 0 Å². The van der Waals surface area contributed by atoms with E-state index in [2.05, 4.69) is 0 Å². The van der Waals surface area contributed by atoms with Crippen LogP contribution in [0.5, 0.6) is 5.75 Å². The van der Waals surface area contributed by atoms with Crippen LogP contribution in [0.2, 0.25) is 0 Å². The summed E-state index contributed by atoms with van der Waals surface area (Å²) in [6, 6.07) is 18.9. The molecule has 2 aromatic carbocycles. The second kappa shape index (κ2) is 6.65. The third kappa shape index (κ3) is 3.14. The van der Waals surface area contributed by atoms with Crippen LogP contribution in [-0.2, 0) is 14.2 Å². The fraction of sp³-hybridized carbons (Fsp3) is 0.263. The first-order chi connectivity index (χ1) is 11.8. The Morgan fingerprint density at radius 2 is 1.67 bits per heavy atom. The third-order valence-electron chi connectivity index (χ3n) is 3.94. The Kier molecular flexibility index (Phi) is 4.21. The molecule has 4 rings (SSSR count). The smallest absolute Gasteiger partial charge is 0.230 e.